The smallest absolute Gasteiger partial charge is 0.303 e. The average Bonchev–Trinajstić information content (AvgIpc) is 3.15. The van der Waals surface area contributed by atoms with Crippen LogP contribution in [0.4, 0.5) is 0 Å². The quantitative estimate of drug-likeness (QED) is 0.0326. The van der Waals surface area contributed by atoms with Crippen LogP contribution in [0.3, 0.4) is 0 Å². The molecule has 1 aliphatic rings. The number of carboxylic acid groups (broad SMARTS) is 1. The Kier molecular flexibility index (Phi) is 27.1. The van der Waals surface area contributed by atoms with Crippen LogP contribution in [0.5, 0.6) is 0 Å². The second-order valence-corrected chi connectivity index (χ2v) is 14.4. The number of rotatable bonds is 32. The van der Waals surface area contributed by atoms with E-state index < -0.39 is 66.0 Å². The van der Waals surface area contributed by atoms with Crippen molar-refractivity contribution in [2.45, 2.75) is 142 Å². The van der Waals surface area contributed by atoms with Gasteiger partial charge in [0.05, 0.1) is 46.2 Å². The number of hydrogen-bond donors (Lipinski definition) is 4. The molecule has 0 spiro atoms. The molecule has 1 aliphatic heterocycles. The standard InChI is InChI=1S/C39H67N3O17/c1-8-16-39(26(2)3,59-42-33(48)13-11-9-10-12-14-34(49)50)25-53-18-15-32(47)40-17-19-51-20-21-52-22-23-54-38-35(41-27(4)43)37(57-30(7)46)36(56-29(6)45)31(58-38)24-55-28(5)44/h26,31,35-38H,8-25H2,1-7H3,(H,40,47)(H,41,43)(H,42,48)(H,49,50)/t31?,35?,36?,37?,38?,39-/m0/s1. The predicted molar refractivity (Wildman–Crippen MR) is 207 cm³/mol. The molecule has 3 amide bonds. The third kappa shape index (κ3) is 23.4. The Hall–Kier alpha value is -3.95. The van der Waals surface area contributed by atoms with Crippen molar-refractivity contribution in [3.63, 3.8) is 0 Å². The Morgan fingerprint density at radius 3 is 1.95 bits per heavy atom. The molecule has 5 unspecified atom stereocenters. The highest BCUT2D eigenvalue weighted by molar-refractivity contribution is 5.76. The molecule has 0 aliphatic carbocycles. The van der Waals surface area contributed by atoms with Crippen LogP contribution in [0.1, 0.15) is 106 Å². The Balaban J connectivity index is 2.43. The molecular formula is C39H67N3O17. The molecule has 1 saturated heterocycles. The number of carbonyl (C=O) groups excluding carboxylic acids is 6. The zero-order valence-electron chi connectivity index (χ0n) is 35.7. The maximum absolute atomic E-state index is 12.4. The van der Waals surface area contributed by atoms with Gasteiger partial charge in [-0.2, -0.15) is 0 Å². The van der Waals surface area contributed by atoms with Crippen LogP contribution in [0.25, 0.3) is 0 Å². The number of carbonyl (C=O) groups is 7. The number of esters is 3. The fraction of sp³-hybridized carbons (Fsp3) is 0.821. The van der Waals surface area contributed by atoms with E-state index in [-0.39, 0.29) is 96.4 Å². The molecule has 0 aromatic rings. The van der Waals surface area contributed by atoms with Gasteiger partial charge in [0, 0.05) is 53.5 Å². The topological polar surface area (TPSA) is 259 Å². The molecule has 1 fully saturated rings. The van der Waals surface area contributed by atoms with Crippen LogP contribution in [-0.2, 0) is 76.3 Å². The van der Waals surface area contributed by atoms with Gasteiger partial charge in [0.1, 0.15) is 24.4 Å². The number of nitrogens with one attached hydrogen (secondary N) is 3. The van der Waals surface area contributed by atoms with Gasteiger partial charge in [-0.05, 0) is 25.2 Å². The molecule has 0 saturated carbocycles. The number of unbranched alkanes of at least 4 members (excludes halogenated alkanes) is 3. The van der Waals surface area contributed by atoms with Crippen molar-refractivity contribution < 1.29 is 81.4 Å². The summed E-state index contributed by atoms with van der Waals surface area (Å²) in [7, 11) is 0. The normalized spacial score (nSPS) is 19.9. The van der Waals surface area contributed by atoms with Crippen LogP contribution in [0.2, 0.25) is 0 Å². The first kappa shape index (κ1) is 53.1. The summed E-state index contributed by atoms with van der Waals surface area (Å²) >= 11 is 0. The molecule has 59 heavy (non-hydrogen) atoms. The van der Waals surface area contributed by atoms with E-state index >= 15 is 0 Å². The Morgan fingerprint density at radius 1 is 0.729 bits per heavy atom. The number of hydroxylamine groups is 1. The summed E-state index contributed by atoms with van der Waals surface area (Å²) in [6, 6.07) is -1.09. The van der Waals surface area contributed by atoms with Crippen molar-refractivity contribution in [2.24, 2.45) is 5.92 Å². The number of amides is 3. The number of aliphatic carboxylic acids is 1. The van der Waals surface area contributed by atoms with E-state index in [0.29, 0.717) is 19.3 Å². The third-order valence-corrected chi connectivity index (χ3v) is 8.98. The van der Waals surface area contributed by atoms with Gasteiger partial charge >= 0.3 is 23.9 Å². The second kappa shape index (κ2) is 30.1. The van der Waals surface area contributed by atoms with Gasteiger partial charge in [0.25, 0.3) is 0 Å². The molecule has 0 aromatic heterocycles. The first-order valence-corrected chi connectivity index (χ1v) is 20.2. The predicted octanol–water partition coefficient (Wildman–Crippen LogP) is 1.88. The highest BCUT2D eigenvalue weighted by Crippen LogP contribution is 2.29. The summed E-state index contributed by atoms with van der Waals surface area (Å²) in [5, 5.41) is 14.1. The van der Waals surface area contributed by atoms with Crippen LogP contribution < -0.4 is 16.1 Å². The van der Waals surface area contributed by atoms with E-state index in [1.165, 1.54) is 13.8 Å². The maximum atomic E-state index is 12.4. The molecule has 20 heteroatoms. The molecule has 0 radical (unpaired) electrons. The largest absolute Gasteiger partial charge is 0.481 e. The van der Waals surface area contributed by atoms with Gasteiger partial charge in [0.15, 0.2) is 18.5 Å². The lowest BCUT2D eigenvalue weighted by Gasteiger charge is -2.44. The molecule has 20 nitrogen and oxygen atoms in total. The van der Waals surface area contributed by atoms with Gasteiger partial charge < -0.3 is 53.6 Å². The van der Waals surface area contributed by atoms with Crippen molar-refractivity contribution in [1.29, 1.82) is 0 Å². The lowest BCUT2D eigenvalue weighted by Crippen LogP contribution is -2.66. The van der Waals surface area contributed by atoms with Crippen molar-refractivity contribution in [2.75, 3.05) is 59.4 Å². The fourth-order valence-corrected chi connectivity index (χ4v) is 6.01. The highest BCUT2D eigenvalue weighted by Gasteiger charge is 2.51. The maximum Gasteiger partial charge on any atom is 0.303 e. The Labute approximate surface area is 346 Å². The lowest BCUT2D eigenvalue weighted by atomic mass is 9.87. The second-order valence-electron chi connectivity index (χ2n) is 14.4. The van der Waals surface area contributed by atoms with E-state index in [4.69, 9.17) is 47.8 Å². The van der Waals surface area contributed by atoms with Crippen molar-refractivity contribution in [3.05, 3.63) is 0 Å². The van der Waals surface area contributed by atoms with Crippen LogP contribution >= 0.6 is 0 Å². The summed E-state index contributed by atoms with van der Waals surface area (Å²) < 4.78 is 44.6. The first-order valence-electron chi connectivity index (χ1n) is 20.2. The van der Waals surface area contributed by atoms with E-state index in [1.54, 1.807) is 0 Å². The minimum absolute atomic E-state index is 0.00620. The first-order chi connectivity index (χ1) is 28.0. The Bertz CT molecular complexity index is 1300. The summed E-state index contributed by atoms with van der Waals surface area (Å²) in [4.78, 5) is 88.8. The molecule has 1 rings (SSSR count). The molecule has 0 bridgehead atoms. The summed E-state index contributed by atoms with van der Waals surface area (Å²) in [6.45, 7) is 11.6. The minimum atomic E-state index is -1.23. The Morgan fingerprint density at radius 2 is 1.36 bits per heavy atom. The molecular weight excluding hydrogens is 782 g/mol. The highest BCUT2D eigenvalue weighted by atomic mass is 16.7. The molecule has 1 heterocycles. The van der Waals surface area contributed by atoms with Crippen LogP contribution in [-0.4, -0.2) is 142 Å². The molecule has 4 N–H and O–H groups in total. The van der Waals surface area contributed by atoms with Crippen molar-refractivity contribution in [3.8, 4) is 0 Å². The number of ether oxygens (including phenoxy) is 8. The van der Waals surface area contributed by atoms with Crippen molar-refractivity contribution in [1.82, 2.24) is 16.1 Å². The molecule has 0 aromatic carbocycles. The van der Waals surface area contributed by atoms with Gasteiger partial charge in [0.2, 0.25) is 17.7 Å². The summed E-state index contributed by atoms with van der Waals surface area (Å²) in [6.07, 6.45) is -0.116. The van der Waals surface area contributed by atoms with E-state index in [1.807, 2.05) is 20.8 Å². The lowest BCUT2D eigenvalue weighted by molar-refractivity contribution is -0.279. The van der Waals surface area contributed by atoms with E-state index in [0.717, 1.165) is 33.1 Å². The number of carboxylic acids is 1. The minimum Gasteiger partial charge on any atom is -0.481 e. The van der Waals surface area contributed by atoms with Gasteiger partial charge in [-0.3, -0.25) is 38.4 Å². The monoisotopic (exact) mass is 849 g/mol. The van der Waals surface area contributed by atoms with E-state index in [9.17, 15) is 33.6 Å². The van der Waals surface area contributed by atoms with Gasteiger partial charge in [-0.25, -0.2) is 5.48 Å². The summed E-state index contributed by atoms with van der Waals surface area (Å²) in [5.41, 5.74) is 1.80. The molecule has 6 atom stereocenters. The zero-order chi connectivity index (χ0) is 44.2. The van der Waals surface area contributed by atoms with Gasteiger partial charge in [-0.15, -0.1) is 0 Å². The zero-order valence-corrected chi connectivity index (χ0v) is 35.7. The van der Waals surface area contributed by atoms with Crippen molar-refractivity contribution >= 4 is 41.6 Å². The van der Waals surface area contributed by atoms with Gasteiger partial charge in [-0.1, -0.05) is 40.0 Å². The third-order valence-electron chi connectivity index (χ3n) is 8.98. The van der Waals surface area contributed by atoms with Crippen LogP contribution in [0, 0.1) is 5.92 Å². The van der Waals surface area contributed by atoms with E-state index in [2.05, 4.69) is 16.1 Å². The average molecular weight is 850 g/mol. The molecule has 340 valence electrons. The summed E-state index contributed by atoms with van der Waals surface area (Å²) in [5.74, 6) is -3.84. The SMILES string of the molecule is CCC[C@@](COCCC(=O)NCCOCCOCCOC1OC(COC(C)=O)C(OC(C)=O)C(OC(C)=O)C1NC(C)=O)(ONC(=O)CCCCCCC(=O)O)C(C)C. The number of hydrogen-bond acceptors (Lipinski definition) is 16. The van der Waals surface area contributed by atoms with Crippen LogP contribution in [0.15, 0.2) is 0 Å². The fourth-order valence-electron chi connectivity index (χ4n) is 6.01.